The Hall–Kier alpha value is -3.86. The molecule has 3 fully saturated rings. The van der Waals surface area contributed by atoms with Crippen LogP contribution in [0.25, 0.3) is 22.0 Å². The fourth-order valence-electron chi connectivity index (χ4n) is 6.08. The van der Waals surface area contributed by atoms with Crippen molar-refractivity contribution in [2.24, 2.45) is 5.41 Å². The van der Waals surface area contributed by atoms with E-state index in [1.165, 1.54) is 24.3 Å². The summed E-state index contributed by atoms with van der Waals surface area (Å²) in [5, 5.41) is 3.58. The van der Waals surface area contributed by atoms with Gasteiger partial charge in [0.05, 0.1) is 17.7 Å². The molecule has 3 aliphatic carbocycles. The van der Waals surface area contributed by atoms with Crippen LogP contribution in [0.1, 0.15) is 35.2 Å². The first-order chi connectivity index (χ1) is 19.0. The topological polar surface area (TPSA) is 71.2 Å². The Morgan fingerprint density at radius 3 is 2.33 bits per heavy atom. The molecule has 3 saturated carbocycles. The average Bonchev–Trinajstić information content (AvgIpc) is 3.26. The first-order valence-electron chi connectivity index (χ1n) is 12.3. The van der Waals surface area contributed by atoms with Crippen molar-refractivity contribution >= 4 is 35.0 Å². The van der Waals surface area contributed by atoms with Gasteiger partial charge in [-0.3, -0.25) is 9.59 Å². The number of benzene rings is 3. The summed E-state index contributed by atoms with van der Waals surface area (Å²) in [6, 6.07) is 11.0. The van der Waals surface area contributed by atoms with Crippen molar-refractivity contribution in [1.29, 1.82) is 0 Å². The number of rotatable bonds is 8. The molecule has 0 radical (unpaired) electrons. The molecule has 7 rings (SSSR count). The minimum atomic E-state index is -4.47. The maximum Gasteiger partial charge on any atom is 0.416 e. The number of carbonyl (C=O) groups is 2. The number of ether oxygens (including phenoxy) is 1. The van der Waals surface area contributed by atoms with E-state index in [4.69, 9.17) is 4.74 Å². The lowest BCUT2D eigenvalue weighted by molar-refractivity contribution is -0.184. The van der Waals surface area contributed by atoms with Crippen LogP contribution < -0.4 is 5.32 Å². The van der Waals surface area contributed by atoms with Crippen LogP contribution in [0.2, 0.25) is 0 Å². The van der Waals surface area contributed by atoms with Crippen molar-refractivity contribution in [1.82, 2.24) is 10.3 Å². The van der Waals surface area contributed by atoms with Crippen LogP contribution in [0.4, 0.5) is 22.0 Å². The molecule has 1 heterocycles. The standard InChI is InChI=1S/C29H21F5N2O3S/c30-18-7-16(8-19(31)9-18)21-5-6-22(26(38)36-28-11-27(12-28,13-28)14-39-15-37)24-23(10-35-25(21)24)40-20-3-1-17(2-4-20)29(32,33)34/h1-10,15,35H,11-14H2,(H,36,38). The second-order valence-corrected chi connectivity index (χ2v) is 11.6. The Morgan fingerprint density at radius 1 is 1.02 bits per heavy atom. The van der Waals surface area contributed by atoms with Gasteiger partial charge in [0.25, 0.3) is 12.4 Å². The SMILES string of the molecule is O=COCC12CC(NC(=O)c3ccc(-c4cc(F)cc(F)c4)c4[nH]cc(Sc5ccc(C(F)(F)F)cc5)c34)(C1)C2. The minimum absolute atomic E-state index is 0.105. The van der Waals surface area contributed by atoms with Gasteiger partial charge in [0, 0.05) is 49.5 Å². The number of aromatic nitrogens is 1. The van der Waals surface area contributed by atoms with Crippen LogP contribution in [0, 0.1) is 17.0 Å². The smallest absolute Gasteiger partial charge is 0.416 e. The Bertz CT molecular complexity index is 1610. The highest BCUT2D eigenvalue weighted by Crippen LogP contribution is 2.67. The van der Waals surface area contributed by atoms with Gasteiger partial charge in [0.15, 0.2) is 0 Å². The fraction of sp³-hybridized carbons (Fsp3) is 0.241. The monoisotopic (exact) mass is 572 g/mol. The molecule has 3 aromatic carbocycles. The maximum atomic E-state index is 14.0. The lowest BCUT2D eigenvalue weighted by Crippen LogP contribution is -2.75. The molecule has 0 unspecified atom stereocenters. The predicted molar refractivity (Wildman–Crippen MR) is 138 cm³/mol. The molecule has 1 amide bonds. The molecule has 5 nitrogen and oxygen atoms in total. The summed E-state index contributed by atoms with van der Waals surface area (Å²) < 4.78 is 72.1. The Balaban J connectivity index is 1.36. The van der Waals surface area contributed by atoms with Gasteiger partial charge in [-0.2, -0.15) is 13.2 Å². The number of alkyl halides is 3. The van der Waals surface area contributed by atoms with Crippen molar-refractivity contribution in [3.63, 3.8) is 0 Å². The van der Waals surface area contributed by atoms with E-state index in [0.29, 0.717) is 64.2 Å². The molecule has 0 spiro atoms. The zero-order chi connectivity index (χ0) is 28.3. The largest absolute Gasteiger partial charge is 0.467 e. The van der Waals surface area contributed by atoms with E-state index < -0.39 is 28.9 Å². The lowest BCUT2D eigenvalue weighted by atomic mass is 9.39. The van der Waals surface area contributed by atoms with Crippen molar-refractivity contribution < 1.29 is 36.3 Å². The van der Waals surface area contributed by atoms with E-state index in [0.717, 1.165) is 30.0 Å². The van der Waals surface area contributed by atoms with Gasteiger partial charge in [0.2, 0.25) is 0 Å². The van der Waals surface area contributed by atoms with Crippen molar-refractivity contribution in [2.45, 2.75) is 40.8 Å². The Kier molecular flexibility index (Phi) is 6.17. The summed E-state index contributed by atoms with van der Waals surface area (Å²) in [5.41, 5.74) is 0.221. The van der Waals surface area contributed by atoms with Crippen molar-refractivity contribution in [3.8, 4) is 11.1 Å². The molecular formula is C29H21F5N2O3S. The molecule has 2 N–H and O–H groups in total. The summed E-state index contributed by atoms with van der Waals surface area (Å²) in [4.78, 5) is 28.3. The van der Waals surface area contributed by atoms with Crippen LogP contribution >= 0.6 is 11.8 Å². The molecule has 40 heavy (non-hydrogen) atoms. The summed E-state index contributed by atoms with van der Waals surface area (Å²) in [7, 11) is 0. The van der Waals surface area contributed by atoms with Gasteiger partial charge in [0.1, 0.15) is 11.6 Å². The third-order valence-electron chi connectivity index (χ3n) is 7.60. The summed E-state index contributed by atoms with van der Waals surface area (Å²) in [6.45, 7) is 0.721. The van der Waals surface area contributed by atoms with Gasteiger partial charge < -0.3 is 15.0 Å². The van der Waals surface area contributed by atoms with Gasteiger partial charge in [-0.05, 0) is 67.3 Å². The zero-order valence-electron chi connectivity index (χ0n) is 20.7. The van der Waals surface area contributed by atoms with Gasteiger partial charge >= 0.3 is 6.18 Å². The highest BCUT2D eigenvalue weighted by molar-refractivity contribution is 7.99. The van der Waals surface area contributed by atoms with E-state index >= 15 is 0 Å². The van der Waals surface area contributed by atoms with Gasteiger partial charge in [-0.25, -0.2) is 8.78 Å². The normalized spacial score (nSPS) is 21.4. The van der Waals surface area contributed by atoms with Gasteiger partial charge in [-0.15, -0.1) is 0 Å². The quantitative estimate of drug-likeness (QED) is 0.174. The number of hydrogen-bond donors (Lipinski definition) is 2. The molecule has 0 saturated heterocycles. The Morgan fingerprint density at radius 2 is 1.70 bits per heavy atom. The van der Waals surface area contributed by atoms with Crippen molar-refractivity contribution in [3.05, 3.63) is 83.6 Å². The highest BCUT2D eigenvalue weighted by atomic mass is 32.2. The summed E-state index contributed by atoms with van der Waals surface area (Å²) in [5.74, 6) is -1.86. The number of hydrogen-bond acceptors (Lipinski definition) is 4. The third-order valence-corrected chi connectivity index (χ3v) is 8.65. The summed E-state index contributed by atoms with van der Waals surface area (Å²) >= 11 is 1.16. The molecule has 0 atom stereocenters. The van der Waals surface area contributed by atoms with Crippen LogP contribution in [0.5, 0.6) is 0 Å². The number of carbonyl (C=O) groups excluding carboxylic acids is 2. The molecular weight excluding hydrogens is 551 g/mol. The molecule has 1 aromatic heterocycles. The predicted octanol–water partition coefficient (Wildman–Crippen LogP) is 7.11. The third kappa shape index (κ3) is 4.61. The minimum Gasteiger partial charge on any atom is -0.467 e. The van der Waals surface area contributed by atoms with Crippen LogP contribution in [-0.4, -0.2) is 29.5 Å². The molecule has 0 aliphatic heterocycles. The van der Waals surface area contributed by atoms with Crippen LogP contribution in [0.15, 0.2) is 70.6 Å². The van der Waals surface area contributed by atoms with E-state index in [2.05, 4.69) is 10.3 Å². The molecule has 4 aromatic rings. The molecule has 3 aliphatic rings. The second-order valence-electron chi connectivity index (χ2n) is 10.5. The number of amides is 1. The summed E-state index contributed by atoms with van der Waals surface area (Å²) in [6.07, 6.45) is -0.795. The fourth-order valence-corrected chi connectivity index (χ4v) is 7.04. The molecule has 2 bridgehead atoms. The number of fused-ring (bicyclic) bond motifs is 1. The second kappa shape index (κ2) is 9.36. The van der Waals surface area contributed by atoms with E-state index in [-0.39, 0.29) is 16.9 Å². The number of halogens is 5. The van der Waals surface area contributed by atoms with Crippen molar-refractivity contribution in [2.75, 3.05) is 6.61 Å². The molecule has 11 heteroatoms. The van der Waals surface area contributed by atoms with E-state index in [1.54, 1.807) is 18.3 Å². The van der Waals surface area contributed by atoms with Crippen LogP contribution in [0.3, 0.4) is 0 Å². The maximum absolute atomic E-state index is 14.0. The first-order valence-corrected chi connectivity index (χ1v) is 13.2. The lowest BCUT2D eigenvalue weighted by Gasteiger charge is -2.70. The van der Waals surface area contributed by atoms with E-state index in [9.17, 15) is 31.5 Å². The van der Waals surface area contributed by atoms with Crippen LogP contribution in [-0.2, 0) is 15.7 Å². The van der Waals surface area contributed by atoms with E-state index in [1.807, 2.05) is 0 Å². The molecule has 206 valence electrons. The number of aromatic amines is 1. The average molecular weight is 573 g/mol. The number of H-pyrrole nitrogens is 1. The Labute approximate surface area is 229 Å². The highest BCUT2D eigenvalue weighted by Gasteiger charge is 2.68. The number of nitrogens with one attached hydrogen (secondary N) is 2. The first kappa shape index (κ1) is 26.4. The zero-order valence-corrected chi connectivity index (χ0v) is 21.5. The van der Waals surface area contributed by atoms with Gasteiger partial charge in [-0.1, -0.05) is 17.8 Å².